The lowest BCUT2D eigenvalue weighted by Crippen LogP contribution is -2.64. The van der Waals surface area contributed by atoms with Crippen LogP contribution in [0.4, 0.5) is 4.79 Å². The molecule has 2 heterocycles. The number of aliphatic imine (C=N–C) groups is 1. The van der Waals surface area contributed by atoms with Crippen LogP contribution in [0.3, 0.4) is 0 Å². The zero-order valence-electron chi connectivity index (χ0n) is 16.8. The first-order chi connectivity index (χ1) is 12.8. The lowest BCUT2D eigenvalue weighted by atomic mass is 10.1. The summed E-state index contributed by atoms with van der Waals surface area (Å²) in [5, 5.41) is 0. The number of fused-ring (bicyclic) bond motifs is 1. The SMILES string of the molecule is CC(C)CN1C(CN(C)Cc2ccccc2)=NC2C1C(=O)N(C)C(=O)N2C. The molecule has 1 fully saturated rings. The molecule has 1 aromatic rings. The first-order valence-electron chi connectivity index (χ1n) is 9.39. The van der Waals surface area contributed by atoms with Crippen molar-refractivity contribution < 1.29 is 9.59 Å². The van der Waals surface area contributed by atoms with Crippen LogP contribution in [0.5, 0.6) is 0 Å². The summed E-state index contributed by atoms with van der Waals surface area (Å²) < 4.78 is 0. The zero-order chi connectivity index (χ0) is 19.7. The number of imide groups is 1. The van der Waals surface area contributed by atoms with Gasteiger partial charge in [-0.25, -0.2) is 9.79 Å². The minimum atomic E-state index is -0.444. The van der Waals surface area contributed by atoms with Crippen molar-refractivity contribution in [1.29, 1.82) is 0 Å². The molecule has 3 rings (SSSR count). The quantitative estimate of drug-likeness (QED) is 0.764. The van der Waals surface area contributed by atoms with Crippen LogP contribution < -0.4 is 0 Å². The second kappa shape index (κ2) is 7.68. The van der Waals surface area contributed by atoms with Crippen LogP contribution in [0.1, 0.15) is 19.4 Å². The van der Waals surface area contributed by atoms with Crippen molar-refractivity contribution in [3.05, 3.63) is 35.9 Å². The third-order valence-electron chi connectivity index (χ3n) is 5.07. The van der Waals surface area contributed by atoms with E-state index < -0.39 is 12.2 Å². The van der Waals surface area contributed by atoms with Crippen molar-refractivity contribution in [2.75, 3.05) is 34.2 Å². The Balaban J connectivity index is 1.81. The maximum atomic E-state index is 12.8. The van der Waals surface area contributed by atoms with Gasteiger partial charge in [-0.2, -0.15) is 0 Å². The molecule has 0 saturated carbocycles. The smallest absolute Gasteiger partial charge is 0.328 e. The van der Waals surface area contributed by atoms with Gasteiger partial charge in [-0.3, -0.25) is 14.6 Å². The fourth-order valence-corrected chi connectivity index (χ4v) is 3.76. The second-order valence-electron chi connectivity index (χ2n) is 7.90. The molecular weight excluding hydrogens is 342 g/mol. The molecule has 2 aliphatic heterocycles. The lowest BCUT2D eigenvalue weighted by molar-refractivity contribution is -0.136. The number of urea groups is 1. The van der Waals surface area contributed by atoms with E-state index in [1.54, 1.807) is 19.0 Å². The van der Waals surface area contributed by atoms with Crippen LogP contribution >= 0.6 is 0 Å². The van der Waals surface area contributed by atoms with E-state index in [1.807, 2.05) is 25.2 Å². The predicted molar refractivity (Wildman–Crippen MR) is 105 cm³/mol. The van der Waals surface area contributed by atoms with Gasteiger partial charge in [-0.1, -0.05) is 44.2 Å². The molecule has 7 heteroatoms. The number of likely N-dealkylation sites (N-methyl/N-ethyl adjacent to an activating group) is 3. The van der Waals surface area contributed by atoms with Crippen LogP contribution in [0.15, 0.2) is 35.3 Å². The molecule has 27 heavy (non-hydrogen) atoms. The normalized spacial score (nSPS) is 22.8. The standard InChI is InChI=1S/C20H29N5O2/c1-14(2)11-25-16(13-22(3)12-15-9-7-6-8-10-15)21-18-17(25)19(26)24(5)20(27)23(18)4/h6-10,14,17-18H,11-13H2,1-5H3. The summed E-state index contributed by atoms with van der Waals surface area (Å²) in [6.45, 7) is 6.43. The van der Waals surface area contributed by atoms with Gasteiger partial charge in [0.05, 0.1) is 6.54 Å². The highest BCUT2D eigenvalue weighted by molar-refractivity contribution is 6.04. The van der Waals surface area contributed by atoms with Crippen molar-refractivity contribution in [3.63, 3.8) is 0 Å². The average Bonchev–Trinajstić information content (AvgIpc) is 2.96. The largest absolute Gasteiger partial charge is 0.343 e. The van der Waals surface area contributed by atoms with Crippen LogP contribution in [-0.4, -0.2) is 83.8 Å². The Bertz CT molecular complexity index is 733. The highest BCUT2D eigenvalue weighted by Gasteiger charge is 2.50. The fourth-order valence-electron chi connectivity index (χ4n) is 3.76. The predicted octanol–water partition coefficient (Wildman–Crippen LogP) is 1.71. The second-order valence-corrected chi connectivity index (χ2v) is 7.90. The monoisotopic (exact) mass is 371 g/mol. The molecule has 2 unspecified atom stereocenters. The number of carbonyl (C=O) groups is 2. The number of amidine groups is 1. The Hall–Kier alpha value is -2.41. The molecule has 0 N–H and O–H groups in total. The molecule has 7 nitrogen and oxygen atoms in total. The highest BCUT2D eigenvalue weighted by atomic mass is 16.2. The third-order valence-corrected chi connectivity index (χ3v) is 5.07. The molecule has 2 atom stereocenters. The van der Waals surface area contributed by atoms with Gasteiger partial charge >= 0.3 is 6.03 Å². The molecular formula is C20H29N5O2. The van der Waals surface area contributed by atoms with Gasteiger partial charge in [-0.15, -0.1) is 0 Å². The summed E-state index contributed by atoms with van der Waals surface area (Å²) in [6, 6.07) is 9.55. The van der Waals surface area contributed by atoms with E-state index in [4.69, 9.17) is 4.99 Å². The Morgan fingerprint density at radius 2 is 1.78 bits per heavy atom. The van der Waals surface area contributed by atoms with Crippen molar-refractivity contribution in [2.45, 2.75) is 32.6 Å². The fraction of sp³-hybridized carbons (Fsp3) is 0.550. The number of rotatable bonds is 6. The number of carbonyl (C=O) groups excluding carboxylic acids is 2. The van der Waals surface area contributed by atoms with Gasteiger partial charge < -0.3 is 9.80 Å². The molecule has 146 valence electrons. The van der Waals surface area contributed by atoms with Crippen LogP contribution in [0.25, 0.3) is 0 Å². The van der Waals surface area contributed by atoms with E-state index in [1.165, 1.54) is 10.5 Å². The third kappa shape index (κ3) is 3.83. The summed E-state index contributed by atoms with van der Waals surface area (Å²) in [7, 11) is 5.31. The van der Waals surface area contributed by atoms with Gasteiger partial charge in [0.15, 0.2) is 12.2 Å². The Kier molecular flexibility index (Phi) is 5.51. The van der Waals surface area contributed by atoms with E-state index in [-0.39, 0.29) is 11.9 Å². The lowest BCUT2D eigenvalue weighted by Gasteiger charge is -2.40. The number of amides is 3. The van der Waals surface area contributed by atoms with E-state index in [0.717, 1.165) is 18.9 Å². The van der Waals surface area contributed by atoms with Gasteiger partial charge in [-0.05, 0) is 18.5 Å². The first-order valence-corrected chi connectivity index (χ1v) is 9.39. The Morgan fingerprint density at radius 3 is 2.41 bits per heavy atom. The van der Waals surface area contributed by atoms with E-state index in [2.05, 4.69) is 35.8 Å². The van der Waals surface area contributed by atoms with Crippen LogP contribution in [-0.2, 0) is 11.3 Å². The molecule has 0 bridgehead atoms. The zero-order valence-corrected chi connectivity index (χ0v) is 16.8. The van der Waals surface area contributed by atoms with Crippen molar-refractivity contribution in [2.24, 2.45) is 10.9 Å². The summed E-state index contributed by atoms with van der Waals surface area (Å²) in [6.07, 6.45) is -0.444. The molecule has 1 saturated heterocycles. The molecule has 1 aromatic carbocycles. The maximum Gasteiger partial charge on any atom is 0.328 e. The van der Waals surface area contributed by atoms with E-state index in [9.17, 15) is 9.59 Å². The molecule has 0 aromatic heterocycles. The first kappa shape index (κ1) is 19.4. The summed E-state index contributed by atoms with van der Waals surface area (Å²) in [4.78, 5) is 37.0. The van der Waals surface area contributed by atoms with Gasteiger partial charge in [0, 0.05) is 27.2 Å². The van der Waals surface area contributed by atoms with Crippen LogP contribution in [0.2, 0.25) is 0 Å². The highest BCUT2D eigenvalue weighted by Crippen LogP contribution is 2.28. The van der Waals surface area contributed by atoms with Crippen molar-refractivity contribution >= 4 is 17.8 Å². The van der Waals surface area contributed by atoms with E-state index in [0.29, 0.717) is 12.5 Å². The number of nitrogens with zero attached hydrogens (tertiary/aromatic N) is 5. The number of hydrogen-bond donors (Lipinski definition) is 0. The Morgan fingerprint density at radius 1 is 1.11 bits per heavy atom. The summed E-state index contributed by atoms with van der Waals surface area (Å²) >= 11 is 0. The molecule has 0 aliphatic carbocycles. The minimum absolute atomic E-state index is 0.173. The minimum Gasteiger partial charge on any atom is -0.343 e. The van der Waals surface area contributed by atoms with Gasteiger partial charge in [0.1, 0.15) is 5.84 Å². The summed E-state index contributed by atoms with van der Waals surface area (Å²) in [5.74, 6) is 1.09. The molecule has 0 spiro atoms. The van der Waals surface area contributed by atoms with Gasteiger partial charge in [0.2, 0.25) is 0 Å². The van der Waals surface area contributed by atoms with Crippen molar-refractivity contribution in [3.8, 4) is 0 Å². The summed E-state index contributed by atoms with van der Waals surface area (Å²) in [5.41, 5.74) is 1.23. The number of hydrogen-bond acceptors (Lipinski definition) is 5. The maximum absolute atomic E-state index is 12.8. The number of benzene rings is 1. The van der Waals surface area contributed by atoms with Gasteiger partial charge in [0.25, 0.3) is 5.91 Å². The molecule has 3 amide bonds. The molecule has 2 aliphatic rings. The average molecular weight is 371 g/mol. The van der Waals surface area contributed by atoms with Crippen molar-refractivity contribution in [1.82, 2.24) is 19.6 Å². The topological polar surface area (TPSA) is 59.5 Å². The van der Waals surface area contributed by atoms with Crippen LogP contribution in [0, 0.1) is 5.92 Å². The Labute approximate surface area is 161 Å². The molecule has 0 radical (unpaired) electrons. The van der Waals surface area contributed by atoms with E-state index >= 15 is 0 Å².